The molecule has 0 radical (unpaired) electrons. The fraction of sp³-hybridized carbons (Fsp3) is 0. The molecule has 0 atom stereocenters. The SMILES string of the molecule is Nc1cc(Oc2ccc(Br)cc2)ccc1S(N)(=O)=O. The molecule has 5 nitrogen and oxygen atoms in total. The molecule has 0 aromatic heterocycles. The average Bonchev–Trinajstić information content (AvgIpc) is 2.30. The minimum absolute atomic E-state index is 0.0529. The quantitative estimate of drug-likeness (QED) is 0.837. The number of hydrogen-bond donors (Lipinski definition) is 2. The standard InChI is InChI=1S/C12H11BrN2O3S/c13-8-1-3-9(4-2-8)18-10-5-6-12(11(14)7-10)19(15,16)17/h1-7H,14H2,(H2,15,16,17). The zero-order valence-electron chi connectivity index (χ0n) is 9.71. The summed E-state index contributed by atoms with van der Waals surface area (Å²) in [6.07, 6.45) is 0. The zero-order chi connectivity index (χ0) is 14.0. The maximum atomic E-state index is 11.2. The molecule has 0 aliphatic heterocycles. The van der Waals surface area contributed by atoms with Crippen molar-refractivity contribution in [2.75, 3.05) is 5.73 Å². The maximum absolute atomic E-state index is 11.2. The van der Waals surface area contributed by atoms with Crippen molar-refractivity contribution in [1.29, 1.82) is 0 Å². The van der Waals surface area contributed by atoms with E-state index in [9.17, 15) is 8.42 Å². The highest BCUT2D eigenvalue weighted by Gasteiger charge is 2.12. The average molecular weight is 343 g/mol. The van der Waals surface area contributed by atoms with Crippen molar-refractivity contribution >= 4 is 31.6 Å². The summed E-state index contributed by atoms with van der Waals surface area (Å²) in [6, 6.07) is 11.4. The van der Waals surface area contributed by atoms with E-state index in [0.717, 1.165) is 4.47 Å². The van der Waals surface area contributed by atoms with Crippen molar-refractivity contribution in [2.24, 2.45) is 5.14 Å². The molecule has 2 aromatic carbocycles. The molecule has 0 unspecified atom stereocenters. The molecule has 2 aromatic rings. The number of rotatable bonds is 3. The van der Waals surface area contributed by atoms with Gasteiger partial charge < -0.3 is 10.5 Å². The summed E-state index contributed by atoms with van der Waals surface area (Å²) >= 11 is 3.32. The van der Waals surface area contributed by atoms with Gasteiger partial charge in [0.05, 0.1) is 5.69 Å². The number of benzene rings is 2. The van der Waals surface area contributed by atoms with Crippen LogP contribution in [0.1, 0.15) is 0 Å². The van der Waals surface area contributed by atoms with Crippen molar-refractivity contribution in [3.05, 3.63) is 46.9 Å². The normalized spacial score (nSPS) is 11.3. The first-order chi connectivity index (χ1) is 8.86. The second-order valence-electron chi connectivity index (χ2n) is 3.80. The van der Waals surface area contributed by atoms with Gasteiger partial charge in [0.2, 0.25) is 10.0 Å². The van der Waals surface area contributed by atoms with Crippen LogP contribution in [0.25, 0.3) is 0 Å². The van der Waals surface area contributed by atoms with Gasteiger partial charge in [-0.2, -0.15) is 0 Å². The molecule has 4 N–H and O–H groups in total. The molecule has 0 heterocycles. The minimum atomic E-state index is -3.82. The predicted molar refractivity (Wildman–Crippen MR) is 76.4 cm³/mol. The molecular weight excluding hydrogens is 332 g/mol. The Bertz CT molecular complexity index is 699. The van der Waals surface area contributed by atoms with E-state index in [2.05, 4.69) is 15.9 Å². The molecule has 0 saturated carbocycles. The minimum Gasteiger partial charge on any atom is -0.457 e. The summed E-state index contributed by atoms with van der Waals surface area (Å²) in [5, 5.41) is 5.02. The van der Waals surface area contributed by atoms with Gasteiger partial charge in [-0.05, 0) is 36.4 Å². The largest absolute Gasteiger partial charge is 0.457 e. The van der Waals surface area contributed by atoms with Crippen LogP contribution in [0.5, 0.6) is 11.5 Å². The third kappa shape index (κ3) is 3.46. The van der Waals surface area contributed by atoms with Crippen molar-refractivity contribution in [3.63, 3.8) is 0 Å². The molecule has 0 amide bonds. The van der Waals surface area contributed by atoms with Gasteiger partial charge in [-0.3, -0.25) is 0 Å². The van der Waals surface area contributed by atoms with Crippen LogP contribution in [0, 0.1) is 0 Å². The molecule has 0 aliphatic carbocycles. The topological polar surface area (TPSA) is 95.4 Å². The summed E-state index contributed by atoms with van der Waals surface area (Å²) in [6.45, 7) is 0. The first kappa shape index (κ1) is 13.9. The molecule has 7 heteroatoms. The zero-order valence-corrected chi connectivity index (χ0v) is 12.1. The molecule has 0 aliphatic rings. The van der Waals surface area contributed by atoms with Crippen LogP contribution in [-0.2, 0) is 10.0 Å². The van der Waals surface area contributed by atoms with Gasteiger partial charge in [-0.15, -0.1) is 0 Å². The molecule has 19 heavy (non-hydrogen) atoms. The van der Waals surface area contributed by atoms with Gasteiger partial charge in [0, 0.05) is 10.5 Å². The van der Waals surface area contributed by atoms with E-state index < -0.39 is 10.0 Å². The van der Waals surface area contributed by atoms with Crippen molar-refractivity contribution in [3.8, 4) is 11.5 Å². The van der Waals surface area contributed by atoms with Crippen molar-refractivity contribution < 1.29 is 13.2 Å². The molecule has 0 spiro atoms. The third-order valence-electron chi connectivity index (χ3n) is 2.34. The van der Waals surface area contributed by atoms with E-state index in [1.807, 2.05) is 12.1 Å². The molecule has 0 fully saturated rings. The number of nitrogens with two attached hydrogens (primary N) is 2. The van der Waals surface area contributed by atoms with Crippen LogP contribution in [0.3, 0.4) is 0 Å². The molecular formula is C12H11BrN2O3S. The summed E-state index contributed by atoms with van der Waals surface area (Å²) < 4.78 is 28.9. The highest BCUT2D eigenvalue weighted by Crippen LogP contribution is 2.27. The Labute approximate surface area is 119 Å². The third-order valence-corrected chi connectivity index (χ3v) is 3.85. The van der Waals surface area contributed by atoms with Crippen LogP contribution < -0.4 is 15.6 Å². The molecule has 0 saturated heterocycles. The number of anilines is 1. The summed E-state index contributed by atoms with van der Waals surface area (Å²) in [7, 11) is -3.82. The Morgan fingerprint density at radius 2 is 1.58 bits per heavy atom. The Kier molecular flexibility index (Phi) is 3.79. The maximum Gasteiger partial charge on any atom is 0.240 e. The van der Waals surface area contributed by atoms with E-state index >= 15 is 0 Å². The number of hydrogen-bond acceptors (Lipinski definition) is 4. The van der Waals surface area contributed by atoms with E-state index in [-0.39, 0.29) is 10.6 Å². The van der Waals surface area contributed by atoms with Crippen LogP contribution >= 0.6 is 15.9 Å². The smallest absolute Gasteiger partial charge is 0.240 e. The van der Waals surface area contributed by atoms with E-state index in [4.69, 9.17) is 15.6 Å². The van der Waals surface area contributed by atoms with Crippen LogP contribution in [0.15, 0.2) is 51.8 Å². The van der Waals surface area contributed by atoms with Gasteiger partial charge in [-0.1, -0.05) is 15.9 Å². The van der Waals surface area contributed by atoms with E-state index in [1.165, 1.54) is 18.2 Å². The second kappa shape index (κ2) is 5.20. The number of ether oxygens (including phenoxy) is 1. The Hall–Kier alpha value is -1.57. The summed E-state index contributed by atoms with van der Waals surface area (Å²) in [4.78, 5) is -0.115. The van der Waals surface area contributed by atoms with Gasteiger partial charge >= 0.3 is 0 Å². The van der Waals surface area contributed by atoms with E-state index in [1.54, 1.807) is 12.1 Å². The molecule has 0 bridgehead atoms. The number of nitrogen functional groups attached to an aromatic ring is 1. The monoisotopic (exact) mass is 342 g/mol. The lowest BCUT2D eigenvalue weighted by molar-refractivity contribution is 0.482. The Morgan fingerprint density at radius 1 is 1.00 bits per heavy atom. The highest BCUT2D eigenvalue weighted by atomic mass is 79.9. The fourth-order valence-electron chi connectivity index (χ4n) is 1.49. The second-order valence-corrected chi connectivity index (χ2v) is 6.25. The van der Waals surface area contributed by atoms with Gasteiger partial charge in [0.1, 0.15) is 16.4 Å². The van der Waals surface area contributed by atoms with Gasteiger partial charge in [0.15, 0.2) is 0 Å². The highest BCUT2D eigenvalue weighted by molar-refractivity contribution is 9.10. The summed E-state index contributed by atoms with van der Waals surface area (Å²) in [5.41, 5.74) is 5.69. The van der Waals surface area contributed by atoms with Crippen LogP contribution in [0.4, 0.5) is 5.69 Å². The lowest BCUT2D eigenvalue weighted by atomic mass is 10.3. The van der Waals surface area contributed by atoms with Gasteiger partial charge in [-0.25, -0.2) is 13.6 Å². The fourth-order valence-corrected chi connectivity index (χ4v) is 2.40. The Balaban J connectivity index is 2.28. The number of primary sulfonamides is 1. The number of sulfonamides is 1. The first-order valence-corrected chi connectivity index (χ1v) is 7.56. The van der Waals surface area contributed by atoms with Crippen LogP contribution in [0.2, 0.25) is 0 Å². The van der Waals surface area contributed by atoms with Crippen molar-refractivity contribution in [2.45, 2.75) is 4.90 Å². The van der Waals surface area contributed by atoms with Gasteiger partial charge in [0.25, 0.3) is 0 Å². The predicted octanol–water partition coefficient (Wildman–Crippen LogP) is 2.47. The van der Waals surface area contributed by atoms with Crippen molar-refractivity contribution in [1.82, 2.24) is 0 Å². The summed E-state index contributed by atoms with van der Waals surface area (Å²) in [5.74, 6) is 1.05. The molecule has 2 rings (SSSR count). The van der Waals surface area contributed by atoms with Crippen LogP contribution in [-0.4, -0.2) is 8.42 Å². The molecule has 100 valence electrons. The number of halogens is 1. The van der Waals surface area contributed by atoms with E-state index in [0.29, 0.717) is 11.5 Å². The lowest BCUT2D eigenvalue weighted by Crippen LogP contribution is -2.14. The lowest BCUT2D eigenvalue weighted by Gasteiger charge is -2.08. The Morgan fingerprint density at radius 3 is 2.11 bits per heavy atom. The first-order valence-electron chi connectivity index (χ1n) is 5.22.